The van der Waals surface area contributed by atoms with Crippen molar-refractivity contribution in [2.45, 2.75) is 57.9 Å². The summed E-state index contributed by atoms with van der Waals surface area (Å²) in [6, 6.07) is 0.504. The van der Waals surface area contributed by atoms with Crippen LogP contribution in [0.5, 0.6) is 0 Å². The van der Waals surface area contributed by atoms with Crippen molar-refractivity contribution in [3.8, 4) is 0 Å². The molecule has 2 aliphatic rings. The molecule has 0 unspecified atom stereocenters. The maximum absolute atomic E-state index is 12.4. The predicted molar refractivity (Wildman–Crippen MR) is 93.9 cm³/mol. The van der Waals surface area contributed by atoms with Crippen LogP contribution in [0.2, 0.25) is 0 Å². The number of nitrogens with one attached hydrogen (secondary N) is 2. The lowest BCUT2D eigenvalue weighted by atomic mass is 10.1. The summed E-state index contributed by atoms with van der Waals surface area (Å²) in [4.78, 5) is 13.7. The summed E-state index contributed by atoms with van der Waals surface area (Å²) in [5.74, 6) is -0.223. The standard InChI is InChI=1S/C16H22N2O2S2/c1-2-20-15(19)13-11-6-4-3-5-7-12(11)22-14(13)18-16(21)17-10-8-9-10/h10H,2-9H2,1H3,(H2,17,18,21). The number of aryl methyl sites for hydroxylation is 1. The number of hydrogen-bond acceptors (Lipinski definition) is 4. The van der Waals surface area contributed by atoms with Gasteiger partial charge in [-0.2, -0.15) is 0 Å². The summed E-state index contributed by atoms with van der Waals surface area (Å²) in [7, 11) is 0. The van der Waals surface area contributed by atoms with E-state index >= 15 is 0 Å². The van der Waals surface area contributed by atoms with Gasteiger partial charge in [-0.3, -0.25) is 0 Å². The maximum Gasteiger partial charge on any atom is 0.341 e. The number of hydrogen-bond donors (Lipinski definition) is 2. The number of ether oxygens (including phenoxy) is 1. The Morgan fingerprint density at radius 2 is 2.09 bits per heavy atom. The van der Waals surface area contributed by atoms with Gasteiger partial charge in [0.15, 0.2) is 5.11 Å². The highest BCUT2D eigenvalue weighted by molar-refractivity contribution is 7.80. The Kier molecular flexibility index (Phi) is 4.98. The molecule has 22 heavy (non-hydrogen) atoms. The molecule has 120 valence electrons. The number of anilines is 1. The molecule has 1 aromatic rings. The summed E-state index contributed by atoms with van der Waals surface area (Å²) in [6.45, 7) is 2.24. The van der Waals surface area contributed by atoms with Gasteiger partial charge >= 0.3 is 5.97 Å². The smallest absolute Gasteiger partial charge is 0.341 e. The Balaban J connectivity index is 1.86. The van der Waals surface area contributed by atoms with Crippen LogP contribution < -0.4 is 10.6 Å². The molecule has 0 atom stereocenters. The third kappa shape index (κ3) is 3.60. The molecular formula is C16H22N2O2S2. The van der Waals surface area contributed by atoms with Crippen molar-refractivity contribution in [2.75, 3.05) is 11.9 Å². The molecule has 3 rings (SSSR count). The monoisotopic (exact) mass is 338 g/mol. The first-order valence-corrected chi connectivity index (χ1v) is 9.30. The van der Waals surface area contributed by atoms with Crippen LogP contribution in [-0.2, 0) is 17.6 Å². The summed E-state index contributed by atoms with van der Waals surface area (Å²) in [5.41, 5.74) is 1.89. The van der Waals surface area contributed by atoms with Gasteiger partial charge in [0.1, 0.15) is 5.00 Å². The number of thiocarbonyl (C=S) groups is 1. The average Bonchev–Trinajstić information content (AvgIpc) is 3.25. The molecule has 1 saturated carbocycles. The molecule has 0 amide bonds. The molecule has 0 saturated heterocycles. The third-order valence-corrected chi connectivity index (χ3v) is 5.47. The van der Waals surface area contributed by atoms with E-state index in [2.05, 4.69) is 10.6 Å². The van der Waals surface area contributed by atoms with Crippen molar-refractivity contribution in [3.05, 3.63) is 16.0 Å². The first-order valence-electron chi connectivity index (χ1n) is 8.08. The van der Waals surface area contributed by atoms with Crippen molar-refractivity contribution in [3.63, 3.8) is 0 Å². The van der Waals surface area contributed by atoms with Gasteiger partial charge in [-0.1, -0.05) is 6.42 Å². The van der Waals surface area contributed by atoms with E-state index in [4.69, 9.17) is 17.0 Å². The molecule has 4 nitrogen and oxygen atoms in total. The molecule has 0 aliphatic heterocycles. The summed E-state index contributed by atoms with van der Waals surface area (Å²) in [5, 5.41) is 7.97. The van der Waals surface area contributed by atoms with Crippen molar-refractivity contribution in [2.24, 2.45) is 0 Å². The fourth-order valence-corrected chi connectivity index (χ4v) is 4.42. The highest BCUT2D eigenvalue weighted by Gasteiger charge is 2.27. The number of esters is 1. The van der Waals surface area contributed by atoms with Crippen molar-refractivity contribution in [1.29, 1.82) is 0 Å². The lowest BCUT2D eigenvalue weighted by Crippen LogP contribution is -2.30. The molecule has 6 heteroatoms. The Bertz CT molecular complexity index is 579. The first kappa shape index (κ1) is 15.7. The van der Waals surface area contributed by atoms with E-state index < -0.39 is 0 Å². The van der Waals surface area contributed by atoms with Gasteiger partial charge in [-0.15, -0.1) is 11.3 Å². The van der Waals surface area contributed by atoms with Crippen LogP contribution in [0.3, 0.4) is 0 Å². The van der Waals surface area contributed by atoms with E-state index in [1.165, 1.54) is 36.1 Å². The first-order chi connectivity index (χ1) is 10.7. The van der Waals surface area contributed by atoms with Crippen LogP contribution in [0.25, 0.3) is 0 Å². The Hall–Kier alpha value is -1.14. The predicted octanol–water partition coefficient (Wildman–Crippen LogP) is 3.64. The van der Waals surface area contributed by atoms with Crippen molar-refractivity contribution in [1.82, 2.24) is 5.32 Å². The Morgan fingerprint density at radius 1 is 1.32 bits per heavy atom. The molecule has 1 aromatic heterocycles. The van der Waals surface area contributed by atoms with Crippen LogP contribution >= 0.6 is 23.6 Å². The van der Waals surface area contributed by atoms with Crippen molar-refractivity contribution >= 4 is 39.6 Å². The van der Waals surface area contributed by atoms with Gasteiger partial charge in [0, 0.05) is 10.9 Å². The van der Waals surface area contributed by atoms with Crippen LogP contribution in [0.4, 0.5) is 5.00 Å². The van der Waals surface area contributed by atoms with Gasteiger partial charge in [0.2, 0.25) is 0 Å². The zero-order chi connectivity index (χ0) is 15.5. The molecule has 0 radical (unpaired) electrons. The van der Waals surface area contributed by atoms with Crippen LogP contribution in [0.15, 0.2) is 0 Å². The fourth-order valence-electron chi connectivity index (χ4n) is 2.80. The average molecular weight is 338 g/mol. The van der Waals surface area contributed by atoms with E-state index in [-0.39, 0.29) is 5.97 Å². The topological polar surface area (TPSA) is 50.4 Å². The van der Waals surface area contributed by atoms with Gasteiger partial charge in [-0.25, -0.2) is 4.79 Å². The number of carbonyl (C=O) groups is 1. The van der Waals surface area contributed by atoms with E-state index in [1.807, 2.05) is 6.92 Å². The zero-order valence-electron chi connectivity index (χ0n) is 12.9. The van der Waals surface area contributed by atoms with Gasteiger partial charge in [0.25, 0.3) is 0 Å². The summed E-state index contributed by atoms with van der Waals surface area (Å²) >= 11 is 7.03. The number of thiophene rings is 1. The summed E-state index contributed by atoms with van der Waals surface area (Å²) in [6.07, 6.45) is 7.93. The molecule has 2 aliphatic carbocycles. The normalized spacial score (nSPS) is 17.3. The molecule has 1 heterocycles. The molecular weight excluding hydrogens is 316 g/mol. The quantitative estimate of drug-likeness (QED) is 0.499. The highest BCUT2D eigenvalue weighted by atomic mass is 32.1. The van der Waals surface area contributed by atoms with Crippen molar-refractivity contribution < 1.29 is 9.53 Å². The molecule has 0 aromatic carbocycles. The fraction of sp³-hybridized carbons (Fsp3) is 0.625. The number of rotatable bonds is 4. The number of carbonyl (C=O) groups excluding carboxylic acids is 1. The molecule has 2 N–H and O–H groups in total. The molecule has 1 fully saturated rings. The van der Waals surface area contributed by atoms with Crippen LogP contribution in [0, 0.1) is 0 Å². The van der Waals surface area contributed by atoms with E-state index in [0.717, 1.165) is 24.3 Å². The van der Waals surface area contributed by atoms with Crippen LogP contribution in [0.1, 0.15) is 59.8 Å². The molecule has 0 spiro atoms. The number of fused-ring (bicyclic) bond motifs is 1. The third-order valence-electron chi connectivity index (χ3n) is 4.04. The van der Waals surface area contributed by atoms with Gasteiger partial charge < -0.3 is 15.4 Å². The van der Waals surface area contributed by atoms with Crippen LogP contribution in [-0.4, -0.2) is 23.7 Å². The highest BCUT2D eigenvalue weighted by Crippen LogP contribution is 2.38. The minimum atomic E-state index is -0.223. The Morgan fingerprint density at radius 3 is 2.82 bits per heavy atom. The second-order valence-corrected chi connectivity index (χ2v) is 7.38. The second-order valence-electron chi connectivity index (χ2n) is 5.86. The SMILES string of the molecule is CCOC(=O)c1c(NC(=S)NC2CC2)sc2c1CCCCC2. The Labute approximate surface area is 140 Å². The van der Waals surface area contributed by atoms with Gasteiger partial charge in [-0.05, 0) is 63.2 Å². The lowest BCUT2D eigenvalue weighted by molar-refractivity contribution is 0.0527. The van der Waals surface area contributed by atoms with E-state index in [9.17, 15) is 4.79 Å². The lowest BCUT2D eigenvalue weighted by Gasteiger charge is -2.11. The minimum absolute atomic E-state index is 0.223. The second kappa shape index (κ2) is 6.96. The maximum atomic E-state index is 12.4. The summed E-state index contributed by atoms with van der Waals surface area (Å²) < 4.78 is 5.27. The molecule has 0 bridgehead atoms. The van der Waals surface area contributed by atoms with Gasteiger partial charge in [0.05, 0.1) is 12.2 Å². The van der Waals surface area contributed by atoms with E-state index in [0.29, 0.717) is 23.3 Å². The van der Waals surface area contributed by atoms with E-state index in [1.54, 1.807) is 11.3 Å². The largest absolute Gasteiger partial charge is 0.462 e. The zero-order valence-corrected chi connectivity index (χ0v) is 14.5. The minimum Gasteiger partial charge on any atom is -0.462 e.